The summed E-state index contributed by atoms with van der Waals surface area (Å²) in [5.74, 6) is 0.637. The van der Waals surface area contributed by atoms with Gasteiger partial charge in [-0.1, -0.05) is 24.9 Å². The molecule has 0 unspecified atom stereocenters. The van der Waals surface area contributed by atoms with Crippen molar-refractivity contribution in [1.82, 2.24) is 15.2 Å². The van der Waals surface area contributed by atoms with E-state index >= 15 is 0 Å². The largest absolute Gasteiger partial charge is 0.480 e. The van der Waals surface area contributed by atoms with E-state index in [2.05, 4.69) is 22.1 Å². The summed E-state index contributed by atoms with van der Waals surface area (Å²) in [6.07, 6.45) is 4.71. The van der Waals surface area contributed by atoms with Crippen molar-refractivity contribution < 1.29 is 9.53 Å². The number of halogens is 1. The topological polar surface area (TPSA) is 80.5 Å². The number of likely N-dealkylation sites (tertiary alicyclic amines) is 1. The third-order valence-corrected chi connectivity index (χ3v) is 4.80. The number of nitrogen functional groups attached to an aromatic ring is 1. The van der Waals surface area contributed by atoms with Crippen molar-refractivity contribution >= 4 is 23.3 Å². The second-order valence-corrected chi connectivity index (χ2v) is 6.67. The average molecular weight is 355 g/mol. The monoisotopic (exact) mass is 354 g/mol. The summed E-state index contributed by atoms with van der Waals surface area (Å²) in [6, 6.07) is 1.51. The highest BCUT2D eigenvalue weighted by atomic mass is 35.5. The van der Waals surface area contributed by atoms with Crippen molar-refractivity contribution in [2.45, 2.75) is 32.6 Å². The molecule has 0 aromatic carbocycles. The predicted octanol–water partition coefficient (Wildman–Crippen LogP) is 2.57. The van der Waals surface area contributed by atoms with E-state index in [9.17, 15) is 4.79 Å². The number of methoxy groups -OCH3 is 1. The Morgan fingerprint density at radius 3 is 2.83 bits per heavy atom. The van der Waals surface area contributed by atoms with Crippen molar-refractivity contribution in [1.29, 1.82) is 0 Å². The van der Waals surface area contributed by atoms with Crippen LogP contribution in [-0.4, -0.2) is 49.1 Å². The highest BCUT2D eigenvalue weighted by Crippen LogP contribution is 2.25. The van der Waals surface area contributed by atoms with Gasteiger partial charge in [-0.3, -0.25) is 4.79 Å². The second kappa shape index (κ2) is 9.08. The molecule has 7 heteroatoms. The Labute approximate surface area is 148 Å². The van der Waals surface area contributed by atoms with Crippen LogP contribution in [0.4, 0.5) is 5.82 Å². The molecule has 1 fully saturated rings. The Morgan fingerprint density at radius 2 is 2.21 bits per heavy atom. The van der Waals surface area contributed by atoms with Gasteiger partial charge in [-0.25, -0.2) is 0 Å². The van der Waals surface area contributed by atoms with Crippen LogP contribution in [-0.2, 0) is 0 Å². The molecule has 0 aliphatic carbocycles. The first-order valence-corrected chi connectivity index (χ1v) is 8.93. The number of ether oxygens (including phenoxy) is 1. The van der Waals surface area contributed by atoms with Gasteiger partial charge in [0, 0.05) is 6.54 Å². The fourth-order valence-corrected chi connectivity index (χ4v) is 3.08. The molecule has 1 saturated heterocycles. The van der Waals surface area contributed by atoms with Crippen LogP contribution in [0.15, 0.2) is 6.07 Å². The first-order chi connectivity index (χ1) is 11.5. The van der Waals surface area contributed by atoms with E-state index < -0.39 is 0 Å². The second-order valence-electron chi connectivity index (χ2n) is 6.26. The lowest BCUT2D eigenvalue weighted by molar-refractivity contribution is 0.0932. The molecule has 3 N–H and O–H groups in total. The number of nitrogens with zero attached hydrogens (tertiary/aromatic N) is 2. The minimum absolute atomic E-state index is 0.157. The number of hydrogen-bond donors (Lipinski definition) is 2. The third kappa shape index (κ3) is 4.98. The average Bonchev–Trinajstić information content (AvgIpc) is 2.60. The molecule has 2 rings (SSSR count). The molecule has 0 spiro atoms. The zero-order chi connectivity index (χ0) is 17.5. The highest BCUT2D eigenvalue weighted by molar-refractivity contribution is 6.33. The van der Waals surface area contributed by atoms with Crippen LogP contribution < -0.4 is 15.8 Å². The molecule has 1 amide bonds. The number of hydrogen-bond acceptors (Lipinski definition) is 5. The fraction of sp³-hybridized carbons (Fsp3) is 0.647. The number of rotatable bonds is 7. The molecule has 1 aliphatic rings. The summed E-state index contributed by atoms with van der Waals surface area (Å²) in [6.45, 7) is 6.28. The van der Waals surface area contributed by atoms with E-state index in [1.54, 1.807) is 0 Å². The summed E-state index contributed by atoms with van der Waals surface area (Å²) < 4.78 is 5.13. The van der Waals surface area contributed by atoms with Crippen LogP contribution in [0.2, 0.25) is 5.02 Å². The Bertz CT molecular complexity index is 560. The third-order valence-electron chi connectivity index (χ3n) is 4.49. The van der Waals surface area contributed by atoms with Gasteiger partial charge in [0.05, 0.1) is 12.1 Å². The van der Waals surface area contributed by atoms with Crippen LogP contribution in [0.5, 0.6) is 5.88 Å². The van der Waals surface area contributed by atoms with E-state index in [1.165, 1.54) is 32.6 Å². The lowest BCUT2D eigenvalue weighted by atomic mass is 9.96. The molecular formula is C17H27ClN4O2. The predicted molar refractivity (Wildman–Crippen MR) is 96.6 cm³/mol. The Hall–Kier alpha value is -1.53. The van der Waals surface area contributed by atoms with Gasteiger partial charge in [-0.15, -0.1) is 0 Å². The highest BCUT2D eigenvalue weighted by Gasteiger charge is 2.21. The Balaban J connectivity index is 1.85. The number of carbonyl (C=O) groups excluding carboxylic acids is 1. The van der Waals surface area contributed by atoms with Crippen LogP contribution in [0.25, 0.3) is 0 Å². The Kier molecular flexibility index (Phi) is 7.12. The molecular weight excluding hydrogens is 328 g/mol. The molecule has 6 nitrogen and oxygen atoms in total. The SMILES string of the molecule is CCCCN1CCC(CNC(=O)c2cc(Cl)c(N)nc2OC)CC1. The zero-order valence-electron chi connectivity index (χ0n) is 14.5. The smallest absolute Gasteiger partial charge is 0.256 e. The fourth-order valence-electron chi connectivity index (χ4n) is 2.93. The number of unbranched alkanes of at least 4 members (excludes halogenated alkanes) is 1. The number of nitrogens with two attached hydrogens (primary N) is 1. The van der Waals surface area contributed by atoms with Gasteiger partial charge in [-0.2, -0.15) is 4.98 Å². The first-order valence-electron chi connectivity index (χ1n) is 8.55. The molecule has 1 aromatic heterocycles. The number of nitrogens with one attached hydrogen (secondary N) is 1. The number of piperidine rings is 1. The van der Waals surface area contributed by atoms with E-state index in [4.69, 9.17) is 22.1 Å². The maximum Gasteiger partial charge on any atom is 0.256 e. The van der Waals surface area contributed by atoms with Gasteiger partial charge in [0.15, 0.2) is 0 Å². The van der Waals surface area contributed by atoms with Crippen molar-refractivity contribution in [3.63, 3.8) is 0 Å². The molecule has 0 saturated carbocycles. The van der Waals surface area contributed by atoms with E-state index in [-0.39, 0.29) is 22.6 Å². The summed E-state index contributed by atoms with van der Waals surface area (Å²) in [7, 11) is 1.46. The van der Waals surface area contributed by atoms with Gasteiger partial charge in [0.25, 0.3) is 5.91 Å². The van der Waals surface area contributed by atoms with Crippen LogP contribution in [0.3, 0.4) is 0 Å². The quantitative estimate of drug-likeness (QED) is 0.786. The van der Waals surface area contributed by atoms with Gasteiger partial charge in [0.2, 0.25) is 5.88 Å². The molecule has 134 valence electrons. The summed E-state index contributed by atoms with van der Waals surface area (Å²) in [5.41, 5.74) is 5.96. The minimum Gasteiger partial charge on any atom is -0.480 e. The van der Waals surface area contributed by atoms with E-state index in [1.807, 2.05) is 0 Å². The maximum atomic E-state index is 12.4. The van der Waals surface area contributed by atoms with Gasteiger partial charge in [0.1, 0.15) is 11.4 Å². The van der Waals surface area contributed by atoms with Gasteiger partial charge >= 0.3 is 0 Å². The number of carbonyl (C=O) groups is 1. The molecule has 0 radical (unpaired) electrons. The lowest BCUT2D eigenvalue weighted by Crippen LogP contribution is -2.39. The number of anilines is 1. The van der Waals surface area contributed by atoms with E-state index in [0.717, 1.165) is 25.9 Å². The normalized spacial score (nSPS) is 16.1. The van der Waals surface area contributed by atoms with Crippen LogP contribution >= 0.6 is 11.6 Å². The summed E-state index contributed by atoms with van der Waals surface area (Å²) in [4.78, 5) is 18.9. The van der Waals surface area contributed by atoms with Crippen molar-refractivity contribution in [2.24, 2.45) is 5.92 Å². The molecule has 1 aromatic rings. The number of aromatic nitrogens is 1. The van der Waals surface area contributed by atoms with Gasteiger partial charge in [-0.05, 0) is 50.9 Å². The summed E-state index contributed by atoms with van der Waals surface area (Å²) >= 11 is 5.96. The summed E-state index contributed by atoms with van der Waals surface area (Å²) in [5, 5.41) is 3.23. The molecule has 0 atom stereocenters. The zero-order valence-corrected chi connectivity index (χ0v) is 15.2. The minimum atomic E-state index is -0.227. The van der Waals surface area contributed by atoms with Gasteiger partial charge < -0.3 is 20.7 Å². The lowest BCUT2D eigenvalue weighted by Gasteiger charge is -2.31. The van der Waals surface area contributed by atoms with Crippen LogP contribution in [0.1, 0.15) is 43.0 Å². The van der Waals surface area contributed by atoms with Crippen LogP contribution in [0, 0.1) is 5.92 Å². The first kappa shape index (κ1) is 18.8. The molecule has 2 heterocycles. The Morgan fingerprint density at radius 1 is 1.50 bits per heavy atom. The van der Waals surface area contributed by atoms with Crippen molar-refractivity contribution in [3.05, 3.63) is 16.7 Å². The molecule has 1 aliphatic heterocycles. The number of amides is 1. The number of pyridine rings is 1. The van der Waals surface area contributed by atoms with Crippen molar-refractivity contribution in [2.75, 3.05) is 39.0 Å². The van der Waals surface area contributed by atoms with Crippen molar-refractivity contribution in [3.8, 4) is 5.88 Å². The van der Waals surface area contributed by atoms with E-state index in [0.29, 0.717) is 18.0 Å². The standard InChI is InChI=1S/C17H27ClN4O2/c1-3-4-7-22-8-5-12(6-9-22)11-20-16(23)13-10-14(18)15(19)21-17(13)24-2/h10,12H,3-9,11H2,1-2H3,(H2,19,21)(H,20,23). The maximum absolute atomic E-state index is 12.4. The molecule has 0 bridgehead atoms. The molecule has 24 heavy (non-hydrogen) atoms.